The first-order chi connectivity index (χ1) is 11.2. The molecule has 7 nitrogen and oxygen atoms in total. The van der Waals surface area contributed by atoms with E-state index in [1.807, 2.05) is 25.1 Å². The first-order valence-electron chi connectivity index (χ1n) is 6.94. The monoisotopic (exact) mass is 306 g/mol. The van der Waals surface area contributed by atoms with Gasteiger partial charge in [0.25, 0.3) is 5.91 Å². The maximum Gasteiger partial charge on any atom is 0.275 e. The largest absolute Gasteiger partial charge is 0.340 e. The number of nitrogens with zero attached hydrogens (tertiary/aromatic N) is 4. The Bertz CT molecular complexity index is 804. The molecule has 3 aromatic rings. The van der Waals surface area contributed by atoms with Crippen molar-refractivity contribution in [3.05, 3.63) is 66.6 Å². The zero-order valence-electron chi connectivity index (χ0n) is 12.4. The number of aromatic nitrogens is 4. The Balaban J connectivity index is 1.66. The Kier molecular flexibility index (Phi) is 4.19. The molecule has 2 N–H and O–H groups in total. The lowest BCUT2D eigenvalue weighted by atomic mass is 10.2. The minimum absolute atomic E-state index is 0.270. The van der Waals surface area contributed by atoms with Gasteiger partial charge in [-0.05, 0) is 31.2 Å². The molecule has 114 valence electrons. The van der Waals surface area contributed by atoms with Crippen molar-refractivity contribution in [3.63, 3.8) is 0 Å². The van der Waals surface area contributed by atoms with Gasteiger partial charge in [0.15, 0.2) is 0 Å². The normalized spacial score (nSPS) is 10.1. The van der Waals surface area contributed by atoms with Gasteiger partial charge in [-0.2, -0.15) is 0 Å². The molecule has 0 aliphatic carbocycles. The molecule has 0 bridgehead atoms. The third-order valence-electron chi connectivity index (χ3n) is 3.01. The summed E-state index contributed by atoms with van der Waals surface area (Å²) >= 11 is 0. The molecule has 0 saturated carbocycles. The van der Waals surface area contributed by atoms with Crippen molar-refractivity contribution in [2.75, 3.05) is 10.6 Å². The van der Waals surface area contributed by atoms with E-state index in [9.17, 15) is 4.79 Å². The van der Waals surface area contributed by atoms with E-state index in [-0.39, 0.29) is 11.6 Å². The summed E-state index contributed by atoms with van der Waals surface area (Å²) in [5.74, 6) is 0.416. The number of carbonyl (C=O) groups is 1. The Morgan fingerprint density at radius 3 is 2.48 bits per heavy atom. The highest BCUT2D eigenvalue weighted by Crippen LogP contribution is 2.18. The van der Waals surface area contributed by atoms with Gasteiger partial charge >= 0.3 is 0 Å². The van der Waals surface area contributed by atoms with Crippen LogP contribution >= 0.6 is 0 Å². The smallest absolute Gasteiger partial charge is 0.275 e. The van der Waals surface area contributed by atoms with Crippen LogP contribution in [0.15, 0.2) is 55.2 Å². The predicted molar refractivity (Wildman–Crippen MR) is 86.5 cm³/mol. The summed E-state index contributed by atoms with van der Waals surface area (Å²) in [5.41, 5.74) is 2.69. The average molecular weight is 306 g/mol. The van der Waals surface area contributed by atoms with Crippen molar-refractivity contribution in [1.29, 1.82) is 0 Å². The quantitative estimate of drug-likeness (QED) is 0.769. The molecule has 23 heavy (non-hydrogen) atoms. The van der Waals surface area contributed by atoms with Crippen LogP contribution in [0, 0.1) is 6.92 Å². The van der Waals surface area contributed by atoms with E-state index in [0.717, 1.165) is 11.4 Å². The molecule has 7 heteroatoms. The molecule has 0 fully saturated rings. The van der Waals surface area contributed by atoms with Crippen LogP contribution in [0.2, 0.25) is 0 Å². The van der Waals surface area contributed by atoms with E-state index >= 15 is 0 Å². The van der Waals surface area contributed by atoms with Crippen LogP contribution in [-0.2, 0) is 0 Å². The number of hydrogen-bond donors (Lipinski definition) is 2. The molecule has 0 unspecified atom stereocenters. The molecule has 0 aliphatic rings. The van der Waals surface area contributed by atoms with Gasteiger partial charge in [0, 0.05) is 35.5 Å². The van der Waals surface area contributed by atoms with Gasteiger partial charge in [-0.1, -0.05) is 0 Å². The van der Waals surface area contributed by atoms with Gasteiger partial charge in [-0.15, -0.1) is 0 Å². The topological polar surface area (TPSA) is 92.7 Å². The van der Waals surface area contributed by atoms with E-state index in [0.29, 0.717) is 11.5 Å². The minimum atomic E-state index is -0.301. The maximum atomic E-state index is 12.0. The minimum Gasteiger partial charge on any atom is -0.340 e. The summed E-state index contributed by atoms with van der Waals surface area (Å²) in [6, 6.07) is 9.15. The van der Waals surface area contributed by atoms with Gasteiger partial charge in [0.2, 0.25) is 0 Å². The van der Waals surface area contributed by atoms with Crippen molar-refractivity contribution >= 4 is 23.1 Å². The van der Waals surface area contributed by atoms with Crippen LogP contribution in [0.25, 0.3) is 0 Å². The molecular weight excluding hydrogens is 292 g/mol. The van der Waals surface area contributed by atoms with Crippen molar-refractivity contribution in [2.45, 2.75) is 6.92 Å². The van der Waals surface area contributed by atoms with Gasteiger partial charge in [0.1, 0.15) is 17.8 Å². The summed E-state index contributed by atoms with van der Waals surface area (Å²) in [4.78, 5) is 28.0. The van der Waals surface area contributed by atoms with Crippen molar-refractivity contribution in [2.24, 2.45) is 0 Å². The Morgan fingerprint density at radius 1 is 1.00 bits per heavy atom. The second-order valence-electron chi connectivity index (χ2n) is 4.79. The number of carbonyl (C=O) groups excluding carboxylic acids is 1. The Morgan fingerprint density at radius 2 is 1.78 bits per heavy atom. The molecule has 0 spiro atoms. The second-order valence-corrected chi connectivity index (χ2v) is 4.79. The summed E-state index contributed by atoms with van der Waals surface area (Å²) in [6.45, 7) is 1.90. The Hall–Kier alpha value is -3.35. The SMILES string of the molecule is Cc1cc(Nc2ccc(NC(=O)c3cnccn3)cc2)ncn1. The highest BCUT2D eigenvalue weighted by molar-refractivity contribution is 6.02. The standard InChI is InChI=1S/C16H14N6O/c1-11-8-15(20-10-19-11)21-12-2-4-13(5-3-12)22-16(23)14-9-17-6-7-18-14/h2-10H,1H3,(H,22,23)(H,19,20,21). The van der Waals surface area contributed by atoms with Gasteiger partial charge < -0.3 is 10.6 Å². The number of anilines is 3. The molecule has 2 heterocycles. The Labute approximate surface area is 132 Å². The molecule has 0 radical (unpaired) electrons. The number of aryl methyl sites for hydroxylation is 1. The number of amides is 1. The fourth-order valence-corrected chi connectivity index (χ4v) is 1.92. The molecule has 0 aliphatic heterocycles. The van der Waals surface area contributed by atoms with Crippen LogP contribution in [0.5, 0.6) is 0 Å². The fourth-order valence-electron chi connectivity index (χ4n) is 1.92. The number of benzene rings is 1. The predicted octanol–water partition coefficient (Wildman–Crippen LogP) is 2.57. The van der Waals surface area contributed by atoms with Gasteiger partial charge in [0.05, 0.1) is 6.20 Å². The highest BCUT2D eigenvalue weighted by atomic mass is 16.1. The molecule has 1 amide bonds. The molecule has 1 aromatic carbocycles. The highest BCUT2D eigenvalue weighted by Gasteiger charge is 2.07. The van der Waals surface area contributed by atoms with E-state index in [1.165, 1.54) is 24.9 Å². The second kappa shape index (κ2) is 6.61. The van der Waals surface area contributed by atoms with Gasteiger partial charge in [-0.3, -0.25) is 9.78 Å². The third-order valence-corrected chi connectivity index (χ3v) is 3.01. The van der Waals surface area contributed by atoms with Crippen molar-refractivity contribution in [3.8, 4) is 0 Å². The number of rotatable bonds is 4. The zero-order valence-corrected chi connectivity index (χ0v) is 12.4. The number of nitrogens with one attached hydrogen (secondary N) is 2. The zero-order chi connectivity index (χ0) is 16.1. The molecule has 0 saturated heterocycles. The van der Waals surface area contributed by atoms with Crippen LogP contribution in [0.4, 0.5) is 17.2 Å². The van der Waals surface area contributed by atoms with E-state index < -0.39 is 0 Å². The first kappa shape index (κ1) is 14.6. The lowest BCUT2D eigenvalue weighted by Gasteiger charge is -2.08. The van der Waals surface area contributed by atoms with Crippen LogP contribution < -0.4 is 10.6 Å². The maximum absolute atomic E-state index is 12.0. The summed E-state index contributed by atoms with van der Waals surface area (Å²) in [7, 11) is 0. The van der Waals surface area contributed by atoms with Crippen LogP contribution in [0.3, 0.4) is 0 Å². The van der Waals surface area contributed by atoms with E-state index in [1.54, 1.807) is 12.1 Å². The van der Waals surface area contributed by atoms with Crippen LogP contribution in [0.1, 0.15) is 16.2 Å². The molecule has 2 aromatic heterocycles. The van der Waals surface area contributed by atoms with E-state index in [2.05, 4.69) is 30.6 Å². The van der Waals surface area contributed by atoms with Crippen molar-refractivity contribution in [1.82, 2.24) is 19.9 Å². The first-order valence-corrected chi connectivity index (χ1v) is 6.94. The van der Waals surface area contributed by atoms with Crippen LogP contribution in [-0.4, -0.2) is 25.8 Å². The summed E-state index contributed by atoms with van der Waals surface area (Å²) in [5, 5.41) is 5.93. The van der Waals surface area contributed by atoms with E-state index in [4.69, 9.17) is 0 Å². The number of hydrogen-bond acceptors (Lipinski definition) is 6. The molecule has 3 rings (SSSR count). The molecular formula is C16H14N6O. The third kappa shape index (κ3) is 3.85. The van der Waals surface area contributed by atoms with Crippen molar-refractivity contribution < 1.29 is 4.79 Å². The lowest BCUT2D eigenvalue weighted by molar-refractivity contribution is 0.102. The summed E-state index contributed by atoms with van der Waals surface area (Å²) < 4.78 is 0. The average Bonchev–Trinajstić information content (AvgIpc) is 2.57. The summed E-state index contributed by atoms with van der Waals surface area (Å²) in [6.07, 6.45) is 5.92. The lowest BCUT2D eigenvalue weighted by Crippen LogP contribution is -2.13. The van der Waals surface area contributed by atoms with Gasteiger partial charge in [-0.25, -0.2) is 15.0 Å². The molecule has 0 atom stereocenters. The fraction of sp³-hybridized carbons (Fsp3) is 0.0625.